The summed E-state index contributed by atoms with van der Waals surface area (Å²) in [5.41, 5.74) is 16.2. The molecule has 8 nitrogen and oxygen atoms in total. The number of amides is 2. The quantitative estimate of drug-likeness (QED) is 0.199. The fourth-order valence-corrected chi connectivity index (χ4v) is 2.76. The number of hydroxylamine groups is 1. The van der Waals surface area contributed by atoms with Crippen molar-refractivity contribution in [1.82, 2.24) is 16.1 Å². The average Bonchev–Trinajstić information content (AvgIpc) is 2.86. The summed E-state index contributed by atoms with van der Waals surface area (Å²) in [4.78, 5) is 23.5. The minimum absolute atomic E-state index is 0.0240. The Kier molecular flexibility index (Phi) is 10.2. The monoisotopic (exact) mass is 445 g/mol. The fourth-order valence-electron chi connectivity index (χ4n) is 2.76. The molecule has 0 radical (unpaired) electrons. The summed E-state index contributed by atoms with van der Waals surface area (Å²) in [7, 11) is 0. The number of nitrogens with one attached hydrogen (secondary N) is 3. The van der Waals surface area contributed by atoms with Gasteiger partial charge in [0.15, 0.2) is 0 Å². The molecule has 2 aromatic rings. The Hall–Kier alpha value is -4.08. The van der Waals surface area contributed by atoms with E-state index >= 15 is 0 Å². The molecule has 0 saturated carbocycles. The van der Waals surface area contributed by atoms with Crippen LogP contribution in [0.1, 0.15) is 34.0 Å². The second-order valence-electron chi connectivity index (χ2n) is 6.81. The molecular formula is C25H27N5O3. The van der Waals surface area contributed by atoms with Gasteiger partial charge < -0.3 is 22.1 Å². The standard InChI is InChI=1S/C25H27N5O3/c1-2-22(29-23(17-27)25(32)30-33)20-11-7-18(8-12-20)5-3-4-6-19-9-13-21(14-10-19)24(31)28-16-15-26/h2,7-14,23,29,33H,15-17,26-27H2,1H3,(H,28,31)(H,30,32)/b22-2+/t23-/m0/s1. The molecule has 0 fully saturated rings. The molecule has 0 aliphatic heterocycles. The number of rotatable bonds is 8. The summed E-state index contributed by atoms with van der Waals surface area (Å²) >= 11 is 0. The highest BCUT2D eigenvalue weighted by atomic mass is 16.5. The molecule has 2 rings (SSSR count). The van der Waals surface area contributed by atoms with Gasteiger partial charge in [-0.25, -0.2) is 5.48 Å². The zero-order chi connectivity index (χ0) is 24.1. The first-order valence-corrected chi connectivity index (χ1v) is 10.3. The van der Waals surface area contributed by atoms with Crippen LogP contribution in [0.2, 0.25) is 0 Å². The molecular weight excluding hydrogens is 418 g/mol. The largest absolute Gasteiger partial charge is 0.372 e. The fraction of sp³-hybridized carbons (Fsp3) is 0.200. The Balaban J connectivity index is 2.01. The van der Waals surface area contributed by atoms with Crippen molar-refractivity contribution in [2.45, 2.75) is 13.0 Å². The molecule has 1 atom stereocenters. The number of carbonyl (C=O) groups excluding carboxylic acids is 2. The average molecular weight is 446 g/mol. The summed E-state index contributed by atoms with van der Waals surface area (Å²) in [6.07, 6.45) is 1.81. The second-order valence-corrected chi connectivity index (χ2v) is 6.81. The molecule has 0 spiro atoms. The Morgan fingerprint density at radius 1 is 0.970 bits per heavy atom. The SMILES string of the molecule is C/C=C(/N[C@@H](CN)C(=O)NO)c1ccc(C#CC#Cc2ccc(C(=O)NCCN)cc2)cc1. The zero-order valence-corrected chi connectivity index (χ0v) is 18.3. The molecule has 2 aromatic carbocycles. The predicted octanol–water partition coefficient (Wildman–Crippen LogP) is 0.561. The molecule has 0 bridgehead atoms. The van der Waals surface area contributed by atoms with E-state index in [9.17, 15) is 9.59 Å². The van der Waals surface area contributed by atoms with Gasteiger partial charge in [-0.3, -0.25) is 14.8 Å². The molecule has 0 unspecified atom stereocenters. The lowest BCUT2D eigenvalue weighted by atomic mass is 10.1. The molecule has 0 heterocycles. The van der Waals surface area contributed by atoms with Gasteiger partial charge in [0, 0.05) is 42.0 Å². The van der Waals surface area contributed by atoms with E-state index in [0.717, 1.165) is 16.7 Å². The van der Waals surface area contributed by atoms with E-state index in [1.807, 2.05) is 37.3 Å². The second kappa shape index (κ2) is 13.4. The van der Waals surface area contributed by atoms with Gasteiger partial charge in [-0.15, -0.1) is 0 Å². The van der Waals surface area contributed by atoms with Crippen LogP contribution in [-0.2, 0) is 4.79 Å². The molecule has 8 heteroatoms. The molecule has 0 saturated heterocycles. The van der Waals surface area contributed by atoms with E-state index < -0.39 is 11.9 Å². The lowest BCUT2D eigenvalue weighted by Gasteiger charge is -2.18. The van der Waals surface area contributed by atoms with Crippen LogP contribution in [-0.4, -0.2) is 42.7 Å². The van der Waals surface area contributed by atoms with Crippen LogP contribution in [0, 0.1) is 23.7 Å². The highest BCUT2D eigenvalue weighted by Gasteiger charge is 2.17. The maximum absolute atomic E-state index is 11.9. The summed E-state index contributed by atoms with van der Waals surface area (Å²) in [5, 5.41) is 14.5. The minimum atomic E-state index is -0.759. The van der Waals surface area contributed by atoms with E-state index in [1.54, 1.807) is 29.7 Å². The van der Waals surface area contributed by atoms with Crippen molar-refractivity contribution in [1.29, 1.82) is 0 Å². The first kappa shape index (κ1) is 25.2. The number of benzene rings is 2. The maximum Gasteiger partial charge on any atom is 0.267 e. The number of hydrogen-bond acceptors (Lipinski definition) is 6. The van der Waals surface area contributed by atoms with Crippen LogP contribution >= 0.6 is 0 Å². The third-order valence-electron chi connectivity index (χ3n) is 4.53. The van der Waals surface area contributed by atoms with E-state index in [4.69, 9.17) is 16.7 Å². The number of carbonyl (C=O) groups is 2. The summed E-state index contributed by atoms with van der Waals surface area (Å²) < 4.78 is 0. The van der Waals surface area contributed by atoms with Crippen LogP contribution in [0.5, 0.6) is 0 Å². The Morgan fingerprint density at radius 3 is 1.97 bits per heavy atom. The van der Waals surface area contributed by atoms with E-state index in [0.29, 0.717) is 24.4 Å². The van der Waals surface area contributed by atoms with Gasteiger partial charge >= 0.3 is 0 Å². The van der Waals surface area contributed by atoms with Crippen molar-refractivity contribution in [3.8, 4) is 23.7 Å². The lowest BCUT2D eigenvalue weighted by Crippen LogP contribution is -2.47. The van der Waals surface area contributed by atoms with Gasteiger partial charge in [-0.1, -0.05) is 30.0 Å². The molecule has 170 valence electrons. The maximum atomic E-state index is 11.9. The third kappa shape index (κ3) is 7.84. The Morgan fingerprint density at radius 2 is 1.52 bits per heavy atom. The minimum Gasteiger partial charge on any atom is -0.372 e. The number of allylic oxidation sites excluding steroid dienone is 1. The van der Waals surface area contributed by atoms with Crippen molar-refractivity contribution in [3.63, 3.8) is 0 Å². The van der Waals surface area contributed by atoms with Crippen molar-refractivity contribution in [3.05, 3.63) is 76.9 Å². The molecule has 0 aliphatic rings. The van der Waals surface area contributed by atoms with E-state index in [1.165, 1.54) is 0 Å². The van der Waals surface area contributed by atoms with Gasteiger partial charge in [-0.05, 0) is 60.7 Å². The van der Waals surface area contributed by atoms with Gasteiger partial charge in [0.1, 0.15) is 6.04 Å². The normalized spacial score (nSPS) is 11.2. The molecule has 8 N–H and O–H groups in total. The summed E-state index contributed by atoms with van der Waals surface area (Å²) in [6.45, 7) is 2.67. The smallest absolute Gasteiger partial charge is 0.267 e. The predicted molar refractivity (Wildman–Crippen MR) is 128 cm³/mol. The van der Waals surface area contributed by atoms with Crippen molar-refractivity contribution >= 4 is 17.5 Å². The Labute approximate surface area is 193 Å². The first-order chi connectivity index (χ1) is 16.0. The van der Waals surface area contributed by atoms with Gasteiger partial charge in [-0.2, -0.15) is 0 Å². The lowest BCUT2D eigenvalue weighted by molar-refractivity contribution is -0.130. The van der Waals surface area contributed by atoms with Crippen LogP contribution in [0.3, 0.4) is 0 Å². The summed E-state index contributed by atoms with van der Waals surface area (Å²) in [5.74, 6) is 10.7. The van der Waals surface area contributed by atoms with Crippen molar-refractivity contribution in [2.24, 2.45) is 11.5 Å². The van der Waals surface area contributed by atoms with Crippen LogP contribution in [0.25, 0.3) is 5.70 Å². The summed E-state index contributed by atoms with van der Waals surface area (Å²) in [6, 6.07) is 13.6. The highest BCUT2D eigenvalue weighted by molar-refractivity contribution is 5.94. The van der Waals surface area contributed by atoms with Crippen LogP contribution < -0.4 is 27.6 Å². The Bertz CT molecular complexity index is 1100. The third-order valence-corrected chi connectivity index (χ3v) is 4.53. The van der Waals surface area contributed by atoms with Crippen molar-refractivity contribution in [2.75, 3.05) is 19.6 Å². The van der Waals surface area contributed by atoms with Gasteiger partial charge in [0.2, 0.25) is 0 Å². The highest BCUT2D eigenvalue weighted by Crippen LogP contribution is 2.13. The van der Waals surface area contributed by atoms with Crippen LogP contribution in [0.15, 0.2) is 54.6 Å². The molecule has 0 aromatic heterocycles. The van der Waals surface area contributed by atoms with Crippen molar-refractivity contribution < 1.29 is 14.8 Å². The van der Waals surface area contributed by atoms with E-state index in [2.05, 4.69) is 34.3 Å². The number of nitrogens with two attached hydrogens (primary N) is 2. The topological polar surface area (TPSA) is 142 Å². The molecule has 2 amide bonds. The molecule has 0 aliphatic carbocycles. The zero-order valence-electron chi connectivity index (χ0n) is 18.3. The van der Waals surface area contributed by atoms with Gasteiger partial charge in [0.25, 0.3) is 11.8 Å². The van der Waals surface area contributed by atoms with Crippen LogP contribution in [0.4, 0.5) is 0 Å². The number of hydrogen-bond donors (Lipinski definition) is 6. The molecule has 33 heavy (non-hydrogen) atoms. The van der Waals surface area contributed by atoms with Gasteiger partial charge in [0.05, 0.1) is 0 Å². The first-order valence-electron chi connectivity index (χ1n) is 10.3. The van der Waals surface area contributed by atoms with E-state index in [-0.39, 0.29) is 12.5 Å².